The highest BCUT2D eigenvalue weighted by molar-refractivity contribution is 5.15. The Hall–Kier alpha value is -1.13. The Morgan fingerprint density at radius 2 is 2.37 bits per heavy atom. The SMILES string of the molecule is CCCNC1CCCN(Cc2cccc(OC)n2)C1. The third-order valence-electron chi connectivity index (χ3n) is 3.56. The summed E-state index contributed by atoms with van der Waals surface area (Å²) < 4.78 is 5.18. The molecule has 1 saturated heterocycles. The van der Waals surface area contributed by atoms with Crippen LogP contribution in [-0.4, -0.2) is 42.7 Å². The standard InChI is InChI=1S/C15H25N3O/c1-3-9-16-13-7-5-10-18(11-13)12-14-6-4-8-15(17-14)19-2/h4,6,8,13,16H,3,5,7,9-12H2,1-2H3. The summed E-state index contributed by atoms with van der Waals surface area (Å²) in [6.07, 6.45) is 3.77. The van der Waals surface area contributed by atoms with E-state index in [0.29, 0.717) is 11.9 Å². The van der Waals surface area contributed by atoms with Crippen molar-refractivity contribution in [3.63, 3.8) is 0 Å². The second-order valence-corrected chi connectivity index (χ2v) is 5.20. The zero-order chi connectivity index (χ0) is 13.5. The first-order valence-electron chi connectivity index (χ1n) is 7.27. The van der Waals surface area contributed by atoms with E-state index in [9.17, 15) is 0 Å². The Bertz CT molecular complexity index is 383. The van der Waals surface area contributed by atoms with E-state index >= 15 is 0 Å². The van der Waals surface area contributed by atoms with E-state index in [1.807, 2.05) is 12.1 Å². The molecule has 1 unspecified atom stereocenters. The van der Waals surface area contributed by atoms with Gasteiger partial charge in [0.25, 0.3) is 0 Å². The molecule has 1 aliphatic rings. The lowest BCUT2D eigenvalue weighted by atomic mass is 10.1. The Labute approximate surface area is 116 Å². The summed E-state index contributed by atoms with van der Waals surface area (Å²) in [7, 11) is 1.66. The molecule has 0 spiro atoms. The van der Waals surface area contributed by atoms with Crippen LogP contribution in [0.5, 0.6) is 5.88 Å². The van der Waals surface area contributed by atoms with Crippen LogP contribution in [0.2, 0.25) is 0 Å². The summed E-state index contributed by atoms with van der Waals surface area (Å²) in [6, 6.07) is 6.62. The highest BCUT2D eigenvalue weighted by Gasteiger charge is 2.19. The monoisotopic (exact) mass is 263 g/mol. The van der Waals surface area contributed by atoms with E-state index in [0.717, 1.165) is 25.3 Å². The van der Waals surface area contributed by atoms with Gasteiger partial charge in [-0.15, -0.1) is 0 Å². The normalized spacial score (nSPS) is 20.4. The van der Waals surface area contributed by atoms with Crippen LogP contribution >= 0.6 is 0 Å². The molecule has 0 radical (unpaired) electrons. The number of pyridine rings is 1. The first-order valence-corrected chi connectivity index (χ1v) is 7.27. The van der Waals surface area contributed by atoms with Crippen molar-refractivity contribution in [3.05, 3.63) is 23.9 Å². The van der Waals surface area contributed by atoms with E-state index in [4.69, 9.17) is 4.74 Å². The summed E-state index contributed by atoms with van der Waals surface area (Å²) in [5.41, 5.74) is 1.09. The number of nitrogens with one attached hydrogen (secondary N) is 1. The Balaban J connectivity index is 1.87. The largest absolute Gasteiger partial charge is 0.481 e. The van der Waals surface area contributed by atoms with Gasteiger partial charge in [0.1, 0.15) is 0 Å². The molecule has 19 heavy (non-hydrogen) atoms. The van der Waals surface area contributed by atoms with Crippen LogP contribution in [-0.2, 0) is 6.54 Å². The molecule has 4 heteroatoms. The molecule has 0 bridgehead atoms. The number of methoxy groups -OCH3 is 1. The minimum Gasteiger partial charge on any atom is -0.481 e. The molecule has 0 aliphatic carbocycles. The first-order chi connectivity index (χ1) is 9.31. The molecule has 1 aromatic heterocycles. The van der Waals surface area contributed by atoms with Crippen molar-refractivity contribution in [2.24, 2.45) is 0 Å². The van der Waals surface area contributed by atoms with E-state index in [1.165, 1.54) is 25.8 Å². The van der Waals surface area contributed by atoms with Crippen LogP contribution in [0, 0.1) is 0 Å². The Morgan fingerprint density at radius 1 is 1.47 bits per heavy atom. The molecule has 0 amide bonds. The maximum Gasteiger partial charge on any atom is 0.213 e. The van der Waals surface area contributed by atoms with E-state index < -0.39 is 0 Å². The van der Waals surface area contributed by atoms with Crippen LogP contribution < -0.4 is 10.1 Å². The van der Waals surface area contributed by atoms with Gasteiger partial charge >= 0.3 is 0 Å². The second-order valence-electron chi connectivity index (χ2n) is 5.20. The number of hydrogen-bond acceptors (Lipinski definition) is 4. The van der Waals surface area contributed by atoms with Crippen LogP contribution in [0.3, 0.4) is 0 Å². The number of aromatic nitrogens is 1. The predicted octanol–water partition coefficient (Wildman–Crippen LogP) is 2.05. The molecular formula is C15H25N3O. The van der Waals surface area contributed by atoms with E-state index in [2.05, 4.69) is 28.2 Å². The fraction of sp³-hybridized carbons (Fsp3) is 0.667. The summed E-state index contributed by atoms with van der Waals surface area (Å²) in [4.78, 5) is 6.97. The molecule has 1 N–H and O–H groups in total. The van der Waals surface area contributed by atoms with E-state index in [1.54, 1.807) is 7.11 Å². The zero-order valence-corrected chi connectivity index (χ0v) is 12.1. The second kappa shape index (κ2) is 7.46. The van der Waals surface area contributed by atoms with Gasteiger partial charge < -0.3 is 10.1 Å². The topological polar surface area (TPSA) is 37.4 Å². The minimum absolute atomic E-state index is 0.638. The number of nitrogens with zero attached hydrogens (tertiary/aromatic N) is 2. The van der Waals surface area contributed by atoms with Gasteiger partial charge in [0, 0.05) is 25.2 Å². The zero-order valence-electron chi connectivity index (χ0n) is 12.1. The summed E-state index contributed by atoms with van der Waals surface area (Å²) in [5, 5.41) is 3.62. The van der Waals surface area contributed by atoms with Crippen LogP contribution in [0.25, 0.3) is 0 Å². The molecule has 4 nitrogen and oxygen atoms in total. The summed E-state index contributed by atoms with van der Waals surface area (Å²) in [5.74, 6) is 0.704. The number of likely N-dealkylation sites (tertiary alicyclic amines) is 1. The highest BCUT2D eigenvalue weighted by atomic mass is 16.5. The van der Waals surface area contributed by atoms with Gasteiger partial charge in [0.2, 0.25) is 5.88 Å². The van der Waals surface area contributed by atoms with Crippen LogP contribution in [0.4, 0.5) is 0 Å². The maximum absolute atomic E-state index is 5.18. The highest BCUT2D eigenvalue weighted by Crippen LogP contribution is 2.14. The lowest BCUT2D eigenvalue weighted by Gasteiger charge is -2.33. The van der Waals surface area contributed by atoms with Gasteiger partial charge in [-0.1, -0.05) is 13.0 Å². The first kappa shape index (κ1) is 14.3. The number of rotatable bonds is 6. The average molecular weight is 263 g/mol. The van der Waals surface area contributed by atoms with Crippen LogP contribution in [0.1, 0.15) is 31.9 Å². The van der Waals surface area contributed by atoms with Gasteiger partial charge in [-0.05, 0) is 38.4 Å². The van der Waals surface area contributed by atoms with Crippen molar-refractivity contribution >= 4 is 0 Å². The molecule has 106 valence electrons. The maximum atomic E-state index is 5.18. The number of ether oxygens (including phenoxy) is 1. The van der Waals surface area contributed by atoms with Crippen LogP contribution in [0.15, 0.2) is 18.2 Å². The molecular weight excluding hydrogens is 238 g/mol. The third kappa shape index (κ3) is 4.48. The van der Waals surface area contributed by atoms with Crippen molar-refractivity contribution in [1.82, 2.24) is 15.2 Å². The molecule has 1 atom stereocenters. The lowest BCUT2D eigenvalue weighted by Crippen LogP contribution is -2.45. The van der Waals surface area contributed by atoms with Crippen molar-refractivity contribution in [2.75, 3.05) is 26.7 Å². The fourth-order valence-corrected chi connectivity index (χ4v) is 2.60. The van der Waals surface area contributed by atoms with Gasteiger partial charge in [-0.3, -0.25) is 4.90 Å². The summed E-state index contributed by atoms with van der Waals surface area (Å²) >= 11 is 0. The molecule has 1 fully saturated rings. The van der Waals surface area contributed by atoms with Crippen molar-refractivity contribution in [3.8, 4) is 5.88 Å². The fourth-order valence-electron chi connectivity index (χ4n) is 2.60. The number of hydrogen-bond donors (Lipinski definition) is 1. The average Bonchev–Trinajstić information content (AvgIpc) is 2.46. The molecule has 1 aromatic rings. The van der Waals surface area contributed by atoms with Gasteiger partial charge in [-0.25, -0.2) is 4.98 Å². The van der Waals surface area contributed by atoms with Crippen molar-refractivity contribution < 1.29 is 4.74 Å². The number of piperidine rings is 1. The van der Waals surface area contributed by atoms with E-state index in [-0.39, 0.29) is 0 Å². The quantitative estimate of drug-likeness (QED) is 0.852. The van der Waals surface area contributed by atoms with Gasteiger partial charge in [-0.2, -0.15) is 0 Å². The lowest BCUT2D eigenvalue weighted by molar-refractivity contribution is 0.181. The van der Waals surface area contributed by atoms with Gasteiger partial charge in [0.05, 0.1) is 12.8 Å². The molecule has 0 aromatic carbocycles. The summed E-state index contributed by atoms with van der Waals surface area (Å²) in [6.45, 7) is 6.55. The Morgan fingerprint density at radius 3 is 3.16 bits per heavy atom. The minimum atomic E-state index is 0.638. The van der Waals surface area contributed by atoms with Crippen molar-refractivity contribution in [2.45, 2.75) is 38.8 Å². The molecule has 0 saturated carbocycles. The molecule has 1 aliphatic heterocycles. The molecule has 2 heterocycles. The third-order valence-corrected chi connectivity index (χ3v) is 3.56. The van der Waals surface area contributed by atoms with Gasteiger partial charge in [0.15, 0.2) is 0 Å². The molecule has 2 rings (SSSR count). The Kier molecular flexibility index (Phi) is 5.61. The smallest absolute Gasteiger partial charge is 0.213 e. The predicted molar refractivity (Wildman–Crippen MR) is 77.4 cm³/mol. The van der Waals surface area contributed by atoms with Crippen molar-refractivity contribution in [1.29, 1.82) is 0 Å².